The number of nitrogen functional groups attached to an aromatic ring is 1. The van der Waals surface area contributed by atoms with Crippen LogP contribution < -0.4 is 10.6 Å². The number of alkyl halides is 1. The Bertz CT molecular complexity index is 1270. The van der Waals surface area contributed by atoms with Gasteiger partial charge >= 0.3 is 6.09 Å². The second kappa shape index (κ2) is 9.53. The second-order valence-corrected chi connectivity index (χ2v) is 16.4. The van der Waals surface area contributed by atoms with E-state index in [1.165, 1.54) is 18.3 Å². The summed E-state index contributed by atoms with van der Waals surface area (Å²) < 4.78 is 20.0. The number of anilines is 3. The van der Waals surface area contributed by atoms with Gasteiger partial charge in [0.2, 0.25) is 5.95 Å². The molecule has 1 fully saturated rings. The molecule has 2 heterocycles. The number of hydrogen-bond donors (Lipinski definition) is 2. The van der Waals surface area contributed by atoms with E-state index < -0.39 is 21.1 Å². The van der Waals surface area contributed by atoms with Gasteiger partial charge in [-0.3, -0.25) is 0 Å². The van der Waals surface area contributed by atoms with E-state index in [4.69, 9.17) is 15.1 Å². The van der Waals surface area contributed by atoms with E-state index in [-0.39, 0.29) is 28.0 Å². The first kappa shape index (κ1) is 26.2. The lowest BCUT2D eigenvalue weighted by molar-refractivity contribution is -0.0254. The highest BCUT2D eigenvalue weighted by Crippen LogP contribution is 2.52. The third kappa shape index (κ3) is 5.00. The molecule has 1 aliphatic carbocycles. The Labute approximate surface area is 215 Å². The Morgan fingerprint density at radius 2 is 2.00 bits per heavy atom. The third-order valence-electron chi connectivity index (χ3n) is 7.02. The molecule has 3 N–H and O–H groups in total. The summed E-state index contributed by atoms with van der Waals surface area (Å²) >= 11 is 1.54. The lowest BCUT2D eigenvalue weighted by atomic mass is 9.81. The quantitative estimate of drug-likeness (QED) is 0.253. The van der Waals surface area contributed by atoms with E-state index >= 15 is 0 Å². The molecule has 11 heteroatoms. The zero-order valence-electron chi connectivity index (χ0n) is 21.2. The van der Waals surface area contributed by atoms with Crippen LogP contribution in [0.1, 0.15) is 50.7 Å². The van der Waals surface area contributed by atoms with Crippen LogP contribution in [0.15, 0.2) is 36.7 Å². The molecule has 4 rings (SSSR count). The zero-order chi connectivity index (χ0) is 26.3. The number of nitrogens with zero attached hydrogens (tertiary/aromatic N) is 4. The van der Waals surface area contributed by atoms with E-state index in [2.05, 4.69) is 43.8 Å². The summed E-state index contributed by atoms with van der Waals surface area (Å²) in [5.41, 5.74) is 7.26. The summed E-state index contributed by atoms with van der Waals surface area (Å²) in [6, 6.07) is 6.41. The fraction of sp³-hybridized carbons (Fsp3) is 0.440. The number of aromatic nitrogens is 3. The molecular weight excluding hydrogens is 497 g/mol. The van der Waals surface area contributed by atoms with Crippen LogP contribution in [0.2, 0.25) is 18.1 Å². The van der Waals surface area contributed by atoms with Crippen molar-refractivity contribution >= 4 is 43.1 Å². The zero-order valence-corrected chi connectivity index (χ0v) is 23.0. The predicted octanol–water partition coefficient (Wildman–Crippen LogP) is 6.87. The van der Waals surface area contributed by atoms with Crippen LogP contribution in [0.3, 0.4) is 0 Å². The van der Waals surface area contributed by atoms with E-state index in [0.717, 1.165) is 39.6 Å². The Morgan fingerprint density at radius 3 is 2.58 bits per heavy atom. The summed E-state index contributed by atoms with van der Waals surface area (Å²) in [5.74, 6) is -0.143. The lowest BCUT2D eigenvalue weighted by Crippen LogP contribution is -2.51. The van der Waals surface area contributed by atoms with Crippen LogP contribution in [0.25, 0.3) is 10.4 Å². The van der Waals surface area contributed by atoms with Crippen molar-refractivity contribution in [3.63, 3.8) is 0 Å². The van der Waals surface area contributed by atoms with Gasteiger partial charge in [-0.15, -0.1) is 11.3 Å². The van der Waals surface area contributed by atoms with Crippen molar-refractivity contribution in [3.8, 4) is 10.4 Å². The molecule has 3 aromatic rings. The molecule has 1 amide bonds. The monoisotopic (exact) mass is 529 g/mol. The van der Waals surface area contributed by atoms with E-state index in [0.29, 0.717) is 5.69 Å². The van der Waals surface area contributed by atoms with Crippen molar-refractivity contribution in [1.82, 2.24) is 15.0 Å². The summed E-state index contributed by atoms with van der Waals surface area (Å²) in [6.07, 6.45) is 4.78. The normalized spacial score (nSPS) is 15.4. The molecule has 36 heavy (non-hydrogen) atoms. The van der Waals surface area contributed by atoms with Gasteiger partial charge in [0.1, 0.15) is 17.3 Å². The highest BCUT2D eigenvalue weighted by atomic mass is 32.1. The molecule has 8 nitrogen and oxygen atoms in total. The van der Waals surface area contributed by atoms with Gasteiger partial charge in [-0.2, -0.15) is 0 Å². The van der Waals surface area contributed by atoms with Gasteiger partial charge in [0.05, 0.1) is 16.3 Å². The highest BCUT2D eigenvalue weighted by molar-refractivity contribution is 7.15. The van der Waals surface area contributed by atoms with Gasteiger partial charge in [0, 0.05) is 18.1 Å². The minimum atomic E-state index is -2.02. The molecule has 0 bridgehead atoms. The van der Waals surface area contributed by atoms with Crippen LogP contribution in [0.5, 0.6) is 0 Å². The number of hydrogen-bond acceptors (Lipinski definition) is 7. The topological polar surface area (TPSA) is 114 Å². The summed E-state index contributed by atoms with van der Waals surface area (Å²) in [5, 5.41) is 10.9. The van der Waals surface area contributed by atoms with Crippen molar-refractivity contribution < 1.29 is 18.7 Å². The molecule has 0 unspecified atom stereocenters. The molecule has 1 saturated carbocycles. The number of carboxylic acid groups (broad SMARTS) is 1. The Hall–Kier alpha value is -2.89. The standard InChI is InChI=1S/C25H32FN5O3SSi/c1-24(2,3)36(4,5)34-25(8-6-9-25)21-29-15-20(35-21)16-11-17(27)13-19(12-16)31(23(32)33)22-28-10-7-18(14-26)30-22/h7,10-13,15H,6,8-9,14,27H2,1-5H3,(H,32,33). The Balaban J connectivity index is 1.70. The van der Waals surface area contributed by atoms with Crippen molar-refractivity contribution in [3.05, 3.63) is 47.4 Å². The second-order valence-electron chi connectivity index (χ2n) is 10.7. The maximum absolute atomic E-state index is 13.1. The SMILES string of the molecule is CC(C)(C)[Si](C)(C)OC1(c2ncc(-c3cc(N)cc(N(C(=O)O)c4nccc(CF)n4)c3)s2)CCC1. The fourth-order valence-corrected chi connectivity index (χ4v) is 6.65. The number of carbonyl (C=O) groups is 1. The van der Waals surface area contributed by atoms with Crippen molar-refractivity contribution in [2.75, 3.05) is 10.6 Å². The average molecular weight is 530 g/mol. The van der Waals surface area contributed by atoms with Crippen LogP contribution in [0, 0.1) is 0 Å². The van der Waals surface area contributed by atoms with Gasteiger partial charge in [-0.1, -0.05) is 20.8 Å². The number of rotatable bonds is 7. The molecular formula is C25H32FN5O3SSi. The van der Waals surface area contributed by atoms with Gasteiger partial charge in [0.25, 0.3) is 0 Å². The summed E-state index contributed by atoms with van der Waals surface area (Å²) in [6.45, 7) is 10.4. The number of thiazole rings is 1. The first-order valence-corrected chi connectivity index (χ1v) is 15.6. The van der Waals surface area contributed by atoms with Crippen LogP contribution in [-0.4, -0.2) is 34.5 Å². The predicted molar refractivity (Wildman–Crippen MR) is 143 cm³/mol. The lowest BCUT2D eigenvalue weighted by Gasteiger charge is -2.49. The average Bonchev–Trinajstić information content (AvgIpc) is 3.26. The molecule has 0 spiro atoms. The molecule has 0 atom stereocenters. The Kier molecular flexibility index (Phi) is 6.93. The van der Waals surface area contributed by atoms with Crippen molar-refractivity contribution in [2.45, 2.75) is 70.4 Å². The minimum Gasteiger partial charge on any atom is -0.464 e. The highest BCUT2D eigenvalue weighted by Gasteiger charge is 2.50. The van der Waals surface area contributed by atoms with Gasteiger partial charge < -0.3 is 15.3 Å². The maximum Gasteiger partial charge on any atom is 0.418 e. The smallest absolute Gasteiger partial charge is 0.418 e. The first-order valence-electron chi connectivity index (χ1n) is 11.8. The van der Waals surface area contributed by atoms with Crippen molar-refractivity contribution in [2.24, 2.45) is 0 Å². The number of halogens is 1. The van der Waals surface area contributed by atoms with E-state index in [1.54, 1.807) is 29.7 Å². The Morgan fingerprint density at radius 1 is 1.28 bits per heavy atom. The largest absolute Gasteiger partial charge is 0.464 e. The molecule has 192 valence electrons. The van der Waals surface area contributed by atoms with Gasteiger partial charge in [-0.05, 0) is 67.2 Å². The third-order valence-corrected chi connectivity index (χ3v) is 12.8. The molecule has 0 saturated heterocycles. The van der Waals surface area contributed by atoms with Crippen LogP contribution in [0.4, 0.5) is 26.5 Å². The van der Waals surface area contributed by atoms with Crippen molar-refractivity contribution in [1.29, 1.82) is 0 Å². The maximum atomic E-state index is 13.1. The summed E-state index contributed by atoms with van der Waals surface area (Å²) in [4.78, 5) is 26.7. The molecule has 0 radical (unpaired) electrons. The number of benzene rings is 1. The molecule has 2 aromatic heterocycles. The molecule has 0 aliphatic heterocycles. The van der Waals surface area contributed by atoms with Gasteiger partial charge in [-0.25, -0.2) is 29.0 Å². The number of amides is 1. The summed E-state index contributed by atoms with van der Waals surface area (Å²) in [7, 11) is -2.02. The van der Waals surface area contributed by atoms with Gasteiger partial charge in [0.15, 0.2) is 8.32 Å². The van der Waals surface area contributed by atoms with Crippen LogP contribution in [-0.2, 0) is 16.7 Å². The molecule has 1 aromatic carbocycles. The molecule has 1 aliphatic rings. The number of nitrogens with two attached hydrogens (primary N) is 1. The van der Waals surface area contributed by atoms with E-state index in [9.17, 15) is 14.3 Å². The van der Waals surface area contributed by atoms with E-state index in [1.807, 2.05) is 0 Å². The van der Waals surface area contributed by atoms with Crippen LogP contribution >= 0.6 is 11.3 Å². The fourth-order valence-electron chi connectivity index (χ4n) is 3.90. The first-order chi connectivity index (χ1) is 16.8. The minimum absolute atomic E-state index is 0.0836.